The van der Waals surface area contributed by atoms with Crippen LogP contribution in [0.1, 0.15) is 11.6 Å². The van der Waals surface area contributed by atoms with E-state index in [-0.39, 0.29) is 12.1 Å². The monoisotopic (exact) mass is 332 g/mol. The average molecular weight is 332 g/mol. The number of thiophene rings is 1. The number of likely N-dealkylation sites (N-methyl/N-ethyl adjacent to an activating group) is 1. The van der Waals surface area contributed by atoms with E-state index in [1.54, 1.807) is 0 Å². The van der Waals surface area contributed by atoms with Crippen LogP contribution in [0.5, 0.6) is 0 Å². The van der Waals surface area contributed by atoms with Gasteiger partial charge in [-0.2, -0.15) is 0 Å². The number of anilines is 2. The van der Waals surface area contributed by atoms with Crippen molar-refractivity contribution in [1.29, 1.82) is 0 Å². The molecule has 0 radical (unpaired) electrons. The normalized spacial score (nSPS) is 12.0. The molecule has 2 amide bonds. The average Bonchev–Trinajstić information content (AvgIpc) is 3.00. The first-order chi connectivity index (χ1) is 11.0. The molecule has 0 fully saturated rings. The minimum absolute atomic E-state index is 0.125. The van der Waals surface area contributed by atoms with Crippen molar-refractivity contribution in [1.82, 2.24) is 10.2 Å². The molecular formula is C17H24N4OS. The number of carbonyl (C=O) groups is 1. The standard InChI is InChI=1S/C17H24N4OS/c1-20(2)14-9-7-13(8-10-14)15(21(3)4)12-18-17(22)19-16-6-5-11-23-16/h5-11,15H,12H2,1-4H3,(H2,18,19,22). The van der Waals surface area contributed by atoms with E-state index in [1.807, 2.05) is 45.7 Å². The molecule has 0 spiro atoms. The highest BCUT2D eigenvalue weighted by molar-refractivity contribution is 7.14. The summed E-state index contributed by atoms with van der Waals surface area (Å²) in [6.45, 7) is 0.547. The molecule has 6 heteroatoms. The summed E-state index contributed by atoms with van der Waals surface area (Å²) in [7, 11) is 8.08. The van der Waals surface area contributed by atoms with Crippen molar-refractivity contribution >= 4 is 28.1 Å². The van der Waals surface area contributed by atoms with E-state index in [9.17, 15) is 4.79 Å². The second-order valence-corrected chi connectivity index (χ2v) is 6.73. The SMILES string of the molecule is CN(C)c1ccc(C(CNC(=O)Nc2cccs2)N(C)C)cc1. The second-order valence-electron chi connectivity index (χ2n) is 5.78. The molecule has 0 bridgehead atoms. The third-order valence-electron chi connectivity index (χ3n) is 3.63. The van der Waals surface area contributed by atoms with Gasteiger partial charge in [0, 0.05) is 26.3 Å². The molecular weight excluding hydrogens is 308 g/mol. The van der Waals surface area contributed by atoms with Gasteiger partial charge in [-0.1, -0.05) is 12.1 Å². The van der Waals surface area contributed by atoms with E-state index >= 15 is 0 Å². The van der Waals surface area contributed by atoms with Crippen LogP contribution in [0.4, 0.5) is 15.5 Å². The number of rotatable bonds is 6. The summed E-state index contributed by atoms with van der Waals surface area (Å²) >= 11 is 1.51. The Morgan fingerprint density at radius 1 is 1.13 bits per heavy atom. The van der Waals surface area contributed by atoms with Gasteiger partial charge in [-0.25, -0.2) is 4.79 Å². The maximum Gasteiger partial charge on any atom is 0.319 e. The van der Waals surface area contributed by atoms with Gasteiger partial charge < -0.3 is 15.1 Å². The first kappa shape index (κ1) is 17.3. The lowest BCUT2D eigenvalue weighted by molar-refractivity contribution is 0.243. The Labute approximate surface area is 141 Å². The lowest BCUT2D eigenvalue weighted by Crippen LogP contribution is -2.36. The number of hydrogen-bond acceptors (Lipinski definition) is 4. The number of urea groups is 1. The molecule has 1 heterocycles. The Morgan fingerprint density at radius 2 is 1.83 bits per heavy atom. The summed E-state index contributed by atoms with van der Waals surface area (Å²) in [5.74, 6) is 0. The largest absolute Gasteiger partial charge is 0.378 e. The fourth-order valence-corrected chi connectivity index (χ4v) is 2.90. The first-order valence-electron chi connectivity index (χ1n) is 7.49. The van der Waals surface area contributed by atoms with E-state index in [4.69, 9.17) is 0 Å². The van der Waals surface area contributed by atoms with E-state index in [2.05, 4.69) is 44.7 Å². The highest BCUT2D eigenvalue weighted by Crippen LogP contribution is 2.21. The topological polar surface area (TPSA) is 47.6 Å². The molecule has 2 rings (SSSR count). The fraction of sp³-hybridized carbons (Fsp3) is 0.353. The van der Waals surface area contributed by atoms with Crippen molar-refractivity contribution in [3.05, 3.63) is 47.3 Å². The number of benzene rings is 1. The van der Waals surface area contributed by atoms with Crippen molar-refractivity contribution in [2.75, 3.05) is 45.0 Å². The molecule has 23 heavy (non-hydrogen) atoms. The second kappa shape index (κ2) is 7.99. The molecule has 0 saturated carbocycles. The summed E-state index contributed by atoms with van der Waals surface area (Å²) in [5.41, 5.74) is 2.34. The predicted molar refractivity (Wildman–Crippen MR) is 98.5 cm³/mol. The van der Waals surface area contributed by atoms with E-state index < -0.39 is 0 Å². The van der Waals surface area contributed by atoms with Gasteiger partial charge in [-0.05, 0) is 49.3 Å². The van der Waals surface area contributed by atoms with Gasteiger partial charge in [0.15, 0.2) is 0 Å². The fourth-order valence-electron chi connectivity index (χ4n) is 2.29. The molecule has 0 aliphatic carbocycles. The Kier molecular flexibility index (Phi) is 6.01. The van der Waals surface area contributed by atoms with Crippen LogP contribution >= 0.6 is 11.3 Å². The molecule has 0 saturated heterocycles. The van der Waals surface area contributed by atoms with Crippen LogP contribution in [0.2, 0.25) is 0 Å². The Balaban J connectivity index is 1.97. The van der Waals surface area contributed by atoms with Crippen LogP contribution in [0.3, 0.4) is 0 Å². The number of nitrogens with zero attached hydrogens (tertiary/aromatic N) is 2. The molecule has 124 valence electrons. The zero-order valence-corrected chi connectivity index (χ0v) is 14.9. The number of amides is 2. The van der Waals surface area contributed by atoms with Gasteiger partial charge in [0.2, 0.25) is 0 Å². The van der Waals surface area contributed by atoms with Crippen LogP contribution in [0, 0.1) is 0 Å². The van der Waals surface area contributed by atoms with Crippen molar-refractivity contribution in [3.63, 3.8) is 0 Å². The van der Waals surface area contributed by atoms with E-state index in [0.717, 1.165) is 10.7 Å². The van der Waals surface area contributed by atoms with Crippen LogP contribution in [-0.4, -0.2) is 45.7 Å². The van der Waals surface area contributed by atoms with Crippen molar-refractivity contribution in [2.24, 2.45) is 0 Å². The minimum atomic E-state index is -0.177. The zero-order chi connectivity index (χ0) is 16.8. The van der Waals surface area contributed by atoms with Crippen molar-refractivity contribution in [2.45, 2.75) is 6.04 Å². The molecule has 1 unspecified atom stereocenters. The molecule has 2 aromatic rings. The van der Waals surface area contributed by atoms with Gasteiger partial charge >= 0.3 is 6.03 Å². The predicted octanol–water partition coefficient (Wildman–Crippen LogP) is 3.24. The number of nitrogens with one attached hydrogen (secondary N) is 2. The lowest BCUT2D eigenvalue weighted by atomic mass is 10.1. The summed E-state index contributed by atoms with van der Waals surface area (Å²) in [6.07, 6.45) is 0. The maximum atomic E-state index is 12.0. The van der Waals surface area contributed by atoms with Gasteiger partial charge in [0.25, 0.3) is 0 Å². The number of carbonyl (C=O) groups excluding carboxylic acids is 1. The molecule has 0 aliphatic heterocycles. The maximum absolute atomic E-state index is 12.0. The van der Waals surface area contributed by atoms with Crippen LogP contribution in [0.25, 0.3) is 0 Å². The van der Waals surface area contributed by atoms with Gasteiger partial charge in [-0.3, -0.25) is 5.32 Å². The molecule has 1 aromatic heterocycles. The van der Waals surface area contributed by atoms with Crippen molar-refractivity contribution < 1.29 is 4.79 Å². The summed E-state index contributed by atoms with van der Waals surface area (Å²) < 4.78 is 0. The minimum Gasteiger partial charge on any atom is -0.378 e. The quantitative estimate of drug-likeness (QED) is 0.854. The molecule has 1 atom stereocenters. The van der Waals surface area contributed by atoms with E-state index in [1.165, 1.54) is 16.9 Å². The highest BCUT2D eigenvalue weighted by atomic mass is 32.1. The van der Waals surface area contributed by atoms with Crippen molar-refractivity contribution in [3.8, 4) is 0 Å². The Bertz CT molecular complexity index is 608. The molecule has 5 nitrogen and oxygen atoms in total. The molecule has 1 aromatic carbocycles. The summed E-state index contributed by atoms with van der Waals surface area (Å²) in [5, 5.41) is 8.56. The Morgan fingerprint density at radius 3 is 2.35 bits per heavy atom. The van der Waals surface area contributed by atoms with Crippen LogP contribution in [-0.2, 0) is 0 Å². The van der Waals surface area contributed by atoms with Crippen LogP contribution in [0.15, 0.2) is 41.8 Å². The smallest absolute Gasteiger partial charge is 0.319 e. The summed E-state index contributed by atoms with van der Waals surface area (Å²) in [6, 6.07) is 12.2. The first-order valence-corrected chi connectivity index (χ1v) is 8.37. The third kappa shape index (κ3) is 4.97. The van der Waals surface area contributed by atoms with Crippen LogP contribution < -0.4 is 15.5 Å². The van der Waals surface area contributed by atoms with Gasteiger partial charge in [-0.15, -0.1) is 11.3 Å². The Hall–Kier alpha value is -2.05. The zero-order valence-electron chi connectivity index (χ0n) is 14.0. The highest BCUT2D eigenvalue weighted by Gasteiger charge is 2.15. The van der Waals surface area contributed by atoms with E-state index in [0.29, 0.717) is 6.54 Å². The number of hydrogen-bond donors (Lipinski definition) is 2. The lowest BCUT2D eigenvalue weighted by Gasteiger charge is -2.25. The van der Waals surface area contributed by atoms with Gasteiger partial charge in [0.05, 0.1) is 11.0 Å². The van der Waals surface area contributed by atoms with Gasteiger partial charge in [0.1, 0.15) is 0 Å². The molecule has 0 aliphatic rings. The third-order valence-corrected chi connectivity index (χ3v) is 4.42. The molecule has 2 N–H and O–H groups in total. The summed E-state index contributed by atoms with van der Waals surface area (Å²) in [4.78, 5) is 16.1.